The van der Waals surface area contributed by atoms with E-state index in [2.05, 4.69) is 134 Å². The number of allylic oxidation sites excluding steroid dienone is 1. The van der Waals surface area contributed by atoms with E-state index in [1.165, 1.54) is 44.4 Å². The third kappa shape index (κ3) is 5.05. The molecular weight excluding hydrogens is 422 g/mol. The Balaban J connectivity index is 1.60. The monoisotopic (exact) mass is 453 g/mol. The highest BCUT2D eigenvalue weighted by Gasteiger charge is 2.15. The fourth-order valence-corrected chi connectivity index (χ4v) is 4.68. The molecule has 1 nitrogen and oxygen atoms in total. The van der Waals surface area contributed by atoms with Gasteiger partial charge in [-0.3, -0.25) is 0 Å². The van der Waals surface area contributed by atoms with E-state index in [0.29, 0.717) is 0 Å². The van der Waals surface area contributed by atoms with Gasteiger partial charge in [0.15, 0.2) is 0 Å². The number of hydrogen-bond acceptors (Lipinski definition) is 1. The van der Waals surface area contributed by atoms with Crippen LogP contribution in [0.15, 0.2) is 128 Å². The molecule has 0 N–H and O–H groups in total. The van der Waals surface area contributed by atoms with Crippen LogP contribution in [0.1, 0.15) is 24.0 Å². The summed E-state index contributed by atoms with van der Waals surface area (Å²) in [6.45, 7) is 6.00. The van der Waals surface area contributed by atoms with Crippen LogP contribution in [0.5, 0.6) is 0 Å². The molecule has 5 aromatic carbocycles. The van der Waals surface area contributed by atoms with E-state index >= 15 is 0 Å². The zero-order valence-corrected chi connectivity index (χ0v) is 20.3. The molecule has 0 atom stereocenters. The minimum Gasteiger partial charge on any atom is -0.310 e. The lowest BCUT2D eigenvalue weighted by Crippen LogP contribution is -2.10. The van der Waals surface area contributed by atoms with Crippen LogP contribution in [0.25, 0.3) is 21.9 Å². The summed E-state index contributed by atoms with van der Waals surface area (Å²) in [5.41, 5.74) is 8.62. The highest BCUT2D eigenvalue weighted by atomic mass is 15.1. The molecule has 0 bridgehead atoms. The van der Waals surface area contributed by atoms with E-state index in [4.69, 9.17) is 0 Å². The molecule has 0 amide bonds. The predicted octanol–water partition coefficient (Wildman–Crippen LogP) is 9.79. The number of hydrogen-bond donors (Lipinski definition) is 0. The minimum atomic E-state index is 1.04. The van der Waals surface area contributed by atoms with Gasteiger partial charge in [0.2, 0.25) is 0 Å². The Morgan fingerprint density at radius 3 is 2.14 bits per heavy atom. The van der Waals surface area contributed by atoms with Crippen LogP contribution in [0, 0.1) is 6.92 Å². The van der Waals surface area contributed by atoms with Crippen LogP contribution in [0.3, 0.4) is 0 Å². The Morgan fingerprint density at radius 2 is 1.37 bits per heavy atom. The van der Waals surface area contributed by atoms with Crippen molar-refractivity contribution in [3.8, 4) is 11.1 Å². The third-order valence-corrected chi connectivity index (χ3v) is 6.56. The molecule has 5 rings (SSSR count). The number of benzene rings is 5. The summed E-state index contributed by atoms with van der Waals surface area (Å²) in [6, 6.07) is 41.8. The van der Waals surface area contributed by atoms with E-state index < -0.39 is 0 Å². The van der Waals surface area contributed by atoms with Crippen molar-refractivity contribution in [2.45, 2.75) is 26.2 Å². The number of rotatable bonds is 8. The molecular formula is C34H31N. The van der Waals surface area contributed by atoms with E-state index in [1.54, 1.807) is 0 Å². The van der Waals surface area contributed by atoms with Gasteiger partial charge < -0.3 is 4.90 Å². The normalized spacial score (nSPS) is 10.9. The first-order valence-corrected chi connectivity index (χ1v) is 12.4. The van der Waals surface area contributed by atoms with Gasteiger partial charge in [-0.05, 0) is 78.6 Å². The molecule has 0 aromatic heterocycles. The average molecular weight is 454 g/mol. The summed E-state index contributed by atoms with van der Waals surface area (Å²) in [7, 11) is 0. The summed E-state index contributed by atoms with van der Waals surface area (Å²) in [6.07, 6.45) is 5.21. The highest BCUT2D eigenvalue weighted by molar-refractivity contribution is 5.99. The van der Waals surface area contributed by atoms with Crippen molar-refractivity contribution < 1.29 is 0 Å². The van der Waals surface area contributed by atoms with Crippen molar-refractivity contribution in [1.82, 2.24) is 0 Å². The first-order valence-electron chi connectivity index (χ1n) is 12.4. The van der Waals surface area contributed by atoms with Crippen molar-refractivity contribution in [2.75, 3.05) is 4.90 Å². The molecule has 0 radical (unpaired) electrons. The molecule has 0 unspecified atom stereocenters. The fraction of sp³-hybridized carbons (Fsp3) is 0.118. The largest absolute Gasteiger partial charge is 0.310 e. The molecule has 172 valence electrons. The van der Waals surface area contributed by atoms with Gasteiger partial charge in [-0.1, -0.05) is 96.6 Å². The maximum absolute atomic E-state index is 3.87. The smallest absolute Gasteiger partial charge is 0.0540 e. The zero-order chi connectivity index (χ0) is 24.0. The molecule has 35 heavy (non-hydrogen) atoms. The Bertz CT molecular complexity index is 1420. The summed E-state index contributed by atoms with van der Waals surface area (Å²) in [5.74, 6) is 0. The van der Waals surface area contributed by atoms with Crippen LogP contribution in [0.2, 0.25) is 0 Å². The third-order valence-electron chi connectivity index (χ3n) is 6.56. The van der Waals surface area contributed by atoms with Crippen LogP contribution < -0.4 is 4.90 Å². The lowest BCUT2D eigenvalue weighted by Gasteiger charge is -2.27. The van der Waals surface area contributed by atoms with Gasteiger partial charge in [-0.2, -0.15) is 0 Å². The summed E-state index contributed by atoms with van der Waals surface area (Å²) >= 11 is 0. The fourth-order valence-electron chi connectivity index (χ4n) is 4.68. The highest BCUT2D eigenvalue weighted by Crippen LogP contribution is 2.39. The summed E-state index contributed by atoms with van der Waals surface area (Å²) in [4.78, 5) is 2.39. The van der Waals surface area contributed by atoms with Crippen molar-refractivity contribution in [1.29, 1.82) is 0 Å². The molecule has 0 aliphatic rings. The second-order valence-corrected chi connectivity index (χ2v) is 9.10. The second-order valence-electron chi connectivity index (χ2n) is 9.10. The van der Waals surface area contributed by atoms with Crippen LogP contribution in [0.4, 0.5) is 17.1 Å². The van der Waals surface area contributed by atoms with E-state index in [9.17, 15) is 0 Å². The standard InChI is InChI=1S/C34H31N/c1-3-4-5-10-27-11-8-14-32(25-27)35(34-16-9-13-30-12-6-7-15-33(30)34)31-23-21-29(22-24-31)28-19-17-26(2)18-20-28/h3,6-9,11-25H,1,4-5,10H2,2H3. The number of fused-ring (bicyclic) bond motifs is 1. The average Bonchev–Trinajstić information content (AvgIpc) is 2.90. The minimum absolute atomic E-state index is 1.04. The molecule has 0 aliphatic carbocycles. The number of nitrogens with zero attached hydrogens (tertiary/aromatic N) is 1. The van der Waals surface area contributed by atoms with Gasteiger partial charge in [-0.15, -0.1) is 6.58 Å². The maximum atomic E-state index is 3.87. The van der Waals surface area contributed by atoms with Gasteiger partial charge in [0.25, 0.3) is 0 Å². The Kier molecular flexibility index (Phi) is 6.77. The lowest BCUT2D eigenvalue weighted by atomic mass is 10.0. The quantitative estimate of drug-likeness (QED) is 0.167. The first-order chi connectivity index (χ1) is 17.2. The van der Waals surface area contributed by atoms with Gasteiger partial charge >= 0.3 is 0 Å². The van der Waals surface area contributed by atoms with E-state index in [1.807, 2.05) is 6.08 Å². The Hall–Kier alpha value is -4.10. The van der Waals surface area contributed by atoms with Crippen LogP contribution in [-0.2, 0) is 6.42 Å². The molecule has 5 aromatic rings. The number of unbranched alkanes of at least 4 members (excludes halogenated alkanes) is 1. The first kappa shape index (κ1) is 22.7. The van der Waals surface area contributed by atoms with Crippen molar-refractivity contribution >= 4 is 27.8 Å². The van der Waals surface area contributed by atoms with Crippen LogP contribution >= 0.6 is 0 Å². The van der Waals surface area contributed by atoms with Crippen molar-refractivity contribution in [3.05, 3.63) is 139 Å². The lowest BCUT2D eigenvalue weighted by molar-refractivity contribution is 0.844. The summed E-state index contributed by atoms with van der Waals surface area (Å²) < 4.78 is 0. The molecule has 0 fully saturated rings. The predicted molar refractivity (Wildman–Crippen MR) is 152 cm³/mol. The summed E-state index contributed by atoms with van der Waals surface area (Å²) in [5, 5.41) is 2.49. The molecule has 0 saturated carbocycles. The number of aryl methyl sites for hydroxylation is 2. The topological polar surface area (TPSA) is 3.24 Å². The second kappa shape index (κ2) is 10.4. The van der Waals surface area contributed by atoms with Crippen molar-refractivity contribution in [2.24, 2.45) is 0 Å². The molecule has 0 saturated heterocycles. The molecule has 0 spiro atoms. The van der Waals surface area contributed by atoms with E-state index in [-0.39, 0.29) is 0 Å². The number of anilines is 3. The van der Waals surface area contributed by atoms with Gasteiger partial charge in [0.1, 0.15) is 0 Å². The molecule has 0 aliphatic heterocycles. The van der Waals surface area contributed by atoms with Crippen molar-refractivity contribution in [3.63, 3.8) is 0 Å². The maximum Gasteiger partial charge on any atom is 0.0540 e. The molecule has 0 heterocycles. The Labute approximate surface area is 209 Å². The SMILES string of the molecule is C=CCCCc1cccc(N(c2ccc(-c3ccc(C)cc3)cc2)c2cccc3ccccc23)c1. The van der Waals surface area contributed by atoms with E-state index in [0.717, 1.165) is 24.9 Å². The zero-order valence-electron chi connectivity index (χ0n) is 20.3. The Morgan fingerprint density at radius 1 is 0.686 bits per heavy atom. The van der Waals surface area contributed by atoms with Gasteiger partial charge in [-0.25, -0.2) is 0 Å². The van der Waals surface area contributed by atoms with Gasteiger partial charge in [0.05, 0.1) is 5.69 Å². The van der Waals surface area contributed by atoms with Crippen LogP contribution in [-0.4, -0.2) is 0 Å². The van der Waals surface area contributed by atoms with Gasteiger partial charge in [0, 0.05) is 16.8 Å². The molecule has 1 heteroatoms.